The fourth-order valence-corrected chi connectivity index (χ4v) is 5.79. The number of rotatable bonds is 5. The van der Waals surface area contributed by atoms with Gasteiger partial charge in [-0.2, -0.15) is 8.99 Å². The van der Waals surface area contributed by atoms with E-state index in [1.807, 2.05) is 0 Å². The number of hydrogen-bond donors (Lipinski definition) is 1. The molecule has 4 rings (SSSR count). The van der Waals surface area contributed by atoms with E-state index in [4.69, 9.17) is 0 Å². The van der Waals surface area contributed by atoms with Crippen molar-refractivity contribution in [1.29, 1.82) is 0 Å². The first-order chi connectivity index (χ1) is 16.1. The number of aromatic nitrogens is 4. The number of aryl methyl sites for hydroxylation is 2. The number of amides is 1. The van der Waals surface area contributed by atoms with E-state index in [0.29, 0.717) is 41.6 Å². The number of piperidine rings is 1. The van der Waals surface area contributed by atoms with Gasteiger partial charge in [0.25, 0.3) is 5.91 Å². The monoisotopic (exact) mass is 486 g/mol. The van der Waals surface area contributed by atoms with Crippen LogP contribution in [-0.2, 0) is 10.0 Å². The Balaban J connectivity index is 1.64. The largest absolute Gasteiger partial charge is 0.322 e. The standard InChI is InChI=1S/C23H27FN6O3S/c1-14-7-9-29(10-8-14)34(32,33)22-12-18(11-15(2)16(22)3)23(31)25-19-5-6-20(24)21(13-19)30-17(4)26-27-28-30/h5-6,11-14H,7-10H2,1-4H3,(H,25,31). The van der Waals surface area contributed by atoms with Gasteiger partial charge in [0.2, 0.25) is 10.0 Å². The number of nitrogens with one attached hydrogen (secondary N) is 1. The number of anilines is 1. The molecule has 0 spiro atoms. The summed E-state index contributed by atoms with van der Waals surface area (Å²) in [4.78, 5) is 13.2. The third-order valence-electron chi connectivity index (χ3n) is 6.30. The van der Waals surface area contributed by atoms with Crippen LogP contribution in [0.15, 0.2) is 35.2 Å². The number of halogens is 1. The van der Waals surface area contributed by atoms with Crippen LogP contribution in [0, 0.1) is 32.5 Å². The normalized spacial score (nSPS) is 15.4. The van der Waals surface area contributed by atoms with Gasteiger partial charge in [-0.15, -0.1) is 5.10 Å². The van der Waals surface area contributed by atoms with Gasteiger partial charge >= 0.3 is 0 Å². The van der Waals surface area contributed by atoms with Gasteiger partial charge in [0.1, 0.15) is 11.5 Å². The number of sulfonamides is 1. The lowest BCUT2D eigenvalue weighted by Gasteiger charge is -2.30. The van der Waals surface area contributed by atoms with Crippen molar-refractivity contribution in [3.63, 3.8) is 0 Å². The number of carbonyl (C=O) groups excluding carboxylic acids is 1. The molecule has 0 atom stereocenters. The SMILES string of the molecule is Cc1cc(C(=O)Nc2ccc(F)c(-n3nnnc3C)c2)cc(S(=O)(=O)N2CCC(C)CC2)c1C. The summed E-state index contributed by atoms with van der Waals surface area (Å²) in [5.41, 5.74) is 1.93. The number of benzene rings is 2. The Hall–Kier alpha value is -3.18. The number of carbonyl (C=O) groups is 1. The van der Waals surface area contributed by atoms with Crippen molar-refractivity contribution in [3.05, 3.63) is 58.7 Å². The third-order valence-corrected chi connectivity index (χ3v) is 8.32. The summed E-state index contributed by atoms with van der Waals surface area (Å²) >= 11 is 0. The quantitative estimate of drug-likeness (QED) is 0.592. The van der Waals surface area contributed by atoms with Crippen LogP contribution in [0.25, 0.3) is 5.69 Å². The van der Waals surface area contributed by atoms with Crippen molar-refractivity contribution < 1.29 is 17.6 Å². The van der Waals surface area contributed by atoms with Crippen molar-refractivity contribution in [2.24, 2.45) is 5.92 Å². The predicted octanol–water partition coefficient (Wildman–Crippen LogP) is 3.40. The number of nitrogens with zero attached hydrogens (tertiary/aromatic N) is 5. The maximum atomic E-state index is 14.4. The Morgan fingerprint density at radius 3 is 2.47 bits per heavy atom. The van der Waals surface area contributed by atoms with E-state index in [1.165, 1.54) is 33.3 Å². The maximum absolute atomic E-state index is 14.4. The molecule has 0 radical (unpaired) electrons. The lowest BCUT2D eigenvalue weighted by molar-refractivity contribution is 0.102. The second-order valence-corrected chi connectivity index (χ2v) is 10.7. The molecule has 1 aliphatic rings. The molecular weight excluding hydrogens is 459 g/mol. The Bertz CT molecular complexity index is 1350. The molecule has 0 saturated carbocycles. The lowest BCUT2D eigenvalue weighted by atomic mass is 10.0. The first-order valence-corrected chi connectivity index (χ1v) is 12.5. The summed E-state index contributed by atoms with van der Waals surface area (Å²) in [7, 11) is -3.74. The molecule has 1 saturated heterocycles. The molecule has 0 aliphatic carbocycles. The zero-order chi connectivity index (χ0) is 24.6. The van der Waals surface area contributed by atoms with Crippen LogP contribution in [0.5, 0.6) is 0 Å². The highest BCUT2D eigenvalue weighted by atomic mass is 32.2. The first kappa shape index (κ1) is 24.0. The molecule has 1 amide bonds. The highest BCUT2D eigenvalue weighted by Gasteiger charge is 2.30. The van der Waals surface area contributed by atoms with Gasteiger partial charge in [0.05, 0.1) is 4.90 Å². The van der Waals surface area contributed by atoms with Crippen LogP contribution in [0.3, 0.4) is 0 Å². The van der Waals surface area contributed by atoms with Crippen molar-refractivity contribution in [3.8, 4) is 5.69 Å². The Morgan fingerprint density at radius 2 is 1.82 bits per heavy atom. The molecule has 1 fully saturated rings. The summed E-state index contributed by atoms with van der Waals surface area (Å²) < 4.78 is 43.8. The zero-order valence-electron chi connectivity index (χ0n) is 19.5. The van der Waals surface area contributed by atoms with Gasteiger partial charge < -0.3 is 5.32 Å². The summed E-state index contributed by atoms with van der Waals surface area (Å²) in [6, 6.07) is 7.12. The molecule has 1 aromatic heterocycles. The van der Waals surface area contributed by atoms with E-state index in [9.17, 15) is 17.6 Å². The molecule has 2 heterocycles. The molecule has 0 bridgehead atoms. The molecule has 0 unspecified atom stereocenters. The Morgan fingerprint density at radius 1 is 1.12 bits per heavy atom. The smallest absolute Gasteiger partial charge is 0.255 e. The molecule has 1 N–H and O–H groups in total. The molecule has 180 valence electrons. The fourth-order valence-electron chi connectivity index (χ4n) is 4.00. The number of tetrazole rings is 1. The second-order valence-electron chi connectivity index (χ2n) is 8.76. The van der Waals surface area contributed by atoms with E-state index < -0.39 is 21.7 Å². The van der Waals surface area contributed by atoms with Crippen molar-refractivity contribution in [2.75, 3.05) is 18.4 Å². The molecule has 34 heavy (non-hydrogen) atoms. The van der Waals surface area contributed by atoms with E-state index in [0.717, 1.165) is 12.8 Å². The van der Waals surface area contributed by atoms with Crippen LogP contribution >= 0.6 is 0 Å². The van der Waals surface area contributed by atoms with Gasteiger partial charge in [0.15, 0.2) is 5.82 Å². The van der Waals surface area contributed by atoms with Gasteiger partial charge in [-0.1, -0.05) is 6.92 Å². The Kier molecular flexibility index (Phi) is 6.50. The lowest BCUT2D eigenvalue weighted by Crippen LogP contribution is -2.38. The minimum atomic E-state index is -3.74. The van der Waals surface area contributed by atoms with Crippen LogP contribution in [-0.4, -0.2) is 51.9 Å². The molecule has 2 aromatic carbocycles. The van der Waals surface area contributed by atoms with E-state index >= 15 is 0 Å². The van der Waals surface area contributed by atoms with Gasteiger partial charge in [-0.05, 0) is 91.4 Å². The Labute approximate surface area is 198 Å². The van der Waals surface area contributed by atoms with Crippen LogP contribution in [0.1, 0.15) is 47.1 Å². The van der Waals surface area contributed by atoms with Crippen molar-refractivity contribution >= 4 is 21.6 Å². The highest BCUT2D eigenvalue weighted by Crippen LogP contribution is 2.28. The first-order valence-electron chi connectivity index (χ1n) is 11.1. The second kappa shape index (κ2) is 9.22. The van der Waals surface area contributed by atoms with Gasteiger partial charge in [-0.25, -0.2) is 12.8 Å². The van der Waals surface area contributed by atoms with Crippen LogP contribution in [0.4, 0.5) is 10.1 Å². The average molecular weight is 487 g/mol. The summed E-state index contributed by atoms with van der Waals surface area (Å²) in [5.74, 6) is -0.177. The molecule has 3 aromatic rings. The van der Waals surface area contributed by atoms with Crippen LogP contribution in [0.2, 0.25) is 0 Å². The molecule has 1 aliphatic heterocycles. The summed E-state index contributed by atoms with van der Waals surface area (Å²) in [6.07, 6.45) is 1.62. The third kappa shape index (κ3) is 4.58. The maximum Gasteiger partial charge on any atom is 0.255 e. The minimum absolute atomic E-state index is 0.0861. The van der Waals surface area contributed by atoms with Gasteiger partial charge in [0, 0.05) is 24.3 Å². The van der Waals surface area contributed by atoms with E-state index in [2.05, 4.69) is 27.8 Å². The van der Waals surface area contributed by atoms with E-state index in [-0.39, 0.29) is 16.1 Å². The zero-order valence-corrected chi connectivity index (χ0v) is 20.4. The predicted molar refractivity (Wildman–Crippen MR) is 125 cm³/mol. The van der Waals surface area contributed by atoms with E-state index in [1.54, 1.807) is 26.8 Å². The molecular formula is C23H27FN6O3S. The average Bonchev–Trinajstić information content (AvgIpc) is 3.22. The van der Waals surface area contributed by atoms with Crippen molar-refractivity contribution in [1.82, 2.24) is 24.5 Å². The molecule has 11 heteroatoms. The topological polar surface area (TPSA) is 110 Å². The minimum Gasteiger partial charge on any atom is -0.322 e. The van der Waals surface area contributed by atoms with Crippen LogP contribution < -0.4 is 5.32 Å². The number of hydrogen-bond acceptors (Lipinski definition) is 6. The van der Waals surface area contributed by atoms with Crippen molar-refractivity contribution in [2.45, 2.75) is 45.4 Å². The van der Waals surface area contributed by atoms with Gasteiger partial charge in [-0.3, -0.25) is 4.79 Å². The summed E-state index contributed by atoms with van der Waals surface area (Å²) in [5, 5.41) is 13.8. The molecule has 9 nitrogen and oxygen atoms in total. The highest BCUT2D eigenvalue weighted by molar-refractivity contribution is 7.89. The fraction of sp³-hybridized carbons (Fsp3) is 0.391. The summed E-state index contributed by atoms with van der Waals surface area (Å²) in [6.45, 7) is 8.20.